The van der Waals surface area contributed by atoms with E-state index in [1.54, 1.807) is 17.7 Å². The Morgan fingerprint density at radius 2 is 2.14 bits per heavy atom. The monoisotopic (exact) mass is 331 g/mol. The summed E-state index contributed by atoms with van der Waals surface area (Å²) < 4.78 is 5.92. The van der Waals surface area contributed by atoms with E-state index in [1.807, 2.05) is 24.3 Å². The van der Waals surface area contributed by atoms with Crippen molar-refractivity contribution in [1.29, 1.82) is 0 Å². The minimum absolute atomic E-state index is 0.0360. The van der Waals surface area contributed by atoms with Gasteiger partial charge in [0.1, 0.15) is 23.1 Å². The molecule has 0 bridgehead atoms. The Balaban J connectivity index is 1.67. The molecule has 1 aliphatic rings. The Labute approximate surface area is 137 Å². The largest absolute Gasteiger partial charge is 0.370 e. The number of fused-ring (bicyclic) bond motifs is 1. The van der Waals surface area contributed by atoms with E-state index in [0.29, 0.717) is 6.61 Å². The zero-order valence-electron chi connectivity index (χ0n) is 11.8. The van der Waals surface area contributed by atoms with E-state index in [4.69, 9.17) is 16.3 Å². The van der Waals surface area contributed by atoms with E-state index in [0.717, 1.165) is 39.7 Å². The Bertz CT molecular complexity index is 807. The SMILES string of the molecule is Clc1ccccc1C1CN(c2ncnc3sccc23)CCO1. The number of hydrogen-bond donors (Lipinski definition) is 0. The summed E-state index contributed by atoms with van der Waals surface area (Å²) in [6.45, 7) is 2.22. The second-order valence-corrected chi connectivity index (χ2v) is 6.47. The minimum atomic E-state index is -0.0360. The fraction of sp³-hybridized carbons (Fsp3) is 0.250. The average Bonchev–Trinajstić information content (AvgIpc) is 3.04. The molecule has 1 aliphatic heterocycles. The Hall–Kier alpha value is -1.69. The van der Waals surface area contributed by atoms with Crippen LogP contribution in [0.5, 0.6) is 0 Å². The molecule has 3 aromatic rings. The van der Waals surface area contributed by atoms with Crippen molar-refractivity contribution in [2.24, 2.45) is 0 Å². The van der Waals surface area contributed by atoms with Gasteiger partial charge in [-0.15, -0.1) is 11.3 Å². The highest BCUT2D eigenvalue weighted by atomic mass is 35.5. The molecule has 22 heavy (non-hydrogen) atoms. The molecule has 1 atom stereocenters. The number of anilines is 1. The predicted molar refractivity (Wildman–Crippen MR) is 89.8 cm³/mol. The molecule has 0 amide bonds. The molecule has 4 rings (SSSR count). The van der Waals surface area contributed by atoms with Crippen molar-refractivity contribution in [1.82, 2.24) is 9.97 Å². The van der Waals surface area contributed by atoms with Crippen LogP contribution in [0.1, 0.15) is 11.7 Å². The number of benzene rings is 1. The maximum Gasteiger partial charge on any atom is 0.140 e. The third-order valence-corrected chi connectivity index (χ3v) is 5.02. The van der Waals surface area contributed by atoms with Gasteiger partial charge in [0.15, 0.2) is 0 Å². The summed E-state index contributed by atoms with van der Waals surface area (Å²) in [6.07, 6.45) is 1.60. The molecule has 4 nitrogen and oxygen atoms in total. The summed E-state index contributed by atoms with van der Waals surface area (Å²) in [5.41, 5.74) is 1.03. The van der Waals surface area contributed by atoms with E-state index in [2.05, 4.69) is 26.3 Å². The molecule has 0 N–H and O–H groups in total. The van der Waals surface area contributed by atoms with Crippen LogP contribution in [0.25, 0.3) is 10.2 Å². The van der Waals surface area contributed by atoms with Crippen LogP contribution >= 0.6 is 22.9 Å². The van der Waals surface area contributed by atoms with Crippen molar-refractivity contribution in [2.45, 2.75) is 6.10 Å². The average molecular weight is 332 g/mol. The van der Waals surface area contributed by atoms with Crippen LogP contribution in [0.3, 0.4) is 0 Å². The molecule has 1 saturated heterocycles. The van der Waals surface area contributed by atoms with Crippen molar-refractivity contribution in [3.05, 3.63) is 52.6 Å². The standard InChI is InChI=1S/C16H14ClN3OS/c17-13-4-2-1-3-11(13)14-9-20(6-7-21-14)15-12-5-8-22-16(12)19-10-18-15/h1-5,8,10,14H,6-7,9H2. The van der Waals surface area contributed by atoms with Crippen LogP contribution in [-0.4, -0.2) is 29.7 Å². The topological polar surface area (TPSA) is 38.2 Å². The Kier molecular flexibility index (Phi) is 3.70. The summed E-state index contributed by atoms with van der Waals surface area (Å²) >= 11 is 7.94. The number of nitrogens with zero attached hydrogens (tertiary/aromatic N) is 3. The van der Waals surface area contributed by atoms with E-state index >= 15 is 0 Å². The van der Waals surface area contributed by atoms with Gasteiger partial charge in [-0.3, -0.25) is 0 Å². The summed E-state index contributed by atoms with van der Waals surface area (Å²) in [5, 5.41) is 3.90. The molecule has 2 aromatic heterocycles. The van der Waals surface area contributed by atoms with Crippen LogP contribution in [0.4, 0.5) is 5.82 Å². The van der Waals surface area contributed by atoms with Crippen LogP contribution in [0.2, 0.25) is 5.02 Å². The summed E-state index contributed by atoms with van der Waals surface area (Å²) in [7, 11) is 0. The van der Waals surface area contributed by atoms with Gasteiger partial charge < -0.3 is 9.64 Å². The van der Waals surface area contributed by atoms with Crippen molar-refractivity contribution in [2.75, 3.05) is 24.6 Å². The number of thiophene rings is 1. The number of ether oxygens (including phenoxy) is 1. The molecule has 0 radical (unpaired) electrons. The number of morpholine rings is 1. The lowest BCUT2D eigenvalue weighted by molar-refractivity contribution is 0.0397. The van der Waals surface area contributed by atoms with Crippen LogP contribution in [0, 0.1) is 0 Å². The fourth-order valence-electron chi connectivity index (χ4n) is 2.79. The van der Waals surface area contributed by atoms with Gasteiger partial charge in [0.2, 0.25) is 0 Å². The number of halogens is 1. The zero-order valence-corrected chi connectivity index (χ0v) is 13.3. The summed E-state index contributed by atoms with van der Waals surface area (Å²) in [6, 6.07) is 9.93. The molecule has 0 saturated carbocycles. The van der Waals surface area contributed by atoms with Crippen LogP contribution in [0.15, 0.2) is 42.0 Å². The quantitative estimate of drug-likeness (QED) is 0.713. The predicted octanol–water partition coefficient (Wildman–Crippen LogP) is 3.92. The van der Waals surface area contributed by atoms with E-state index in [1.165, 1.54) is 0 Å². The maximum atomic E-state index is 6.31. The van der Waals surface area contributed by atoms with Gasteiger partial charge in [-0.05, 0) is 17.5 Å². The molecule has 3 heterocycles. The van der Waals surface area contributed by atoms with Gasteiger partial charge >= 0.3 is 0 Å². The van der Waals surface area contributed by atoms with Gasteiger partial charge in [-0.1, -0.05) is 29.8 Å². The van der Waals surface area contributed by atoms with Gasteiger partial charge in [0, 0.05) is 23.7 Å². The van der Waals surface area contributed by atoms with E-state index in [-0.39, 0.29) is 6.10 Å². The van der Waals surface area contributed by atoms with E-state index < -0.39 is 0 Å². The third-order valence-electron chi connectivity index (χ3n) is 3.86. The van der Waals surface area contributed by atoms with Crippen molar-refractivity contribution in [3.63, 3.8) is 0 Å². The first kappa shape index (κ1) is 13.9. The third kappa shape index (κ3) is 2.45. The molecule has 1 aromatic carbocycles. The van der Waals surface area contributed by atoms with Crippen LogP contribution in [-0.2, 0) is 4.74 Å². The second kappa shape index (κ2) is 5.83. The lowest BCUT2D eigenvalue weighted by atomic mass is 10.1. The Morgan fingerprint density at radius 3 is 3.05 bits per heavy atom. The summed E-state index contributed by atoms with van der Waals surface area (Å²) in [5.74, 6) is 0.978. The smallest absolute Gasteiger partial charge is 0.140 e. The lowest BCUT2D eigenvalue weighted by Gasteiger charge is -2.34. The normalized spacial score (nSPS) is 18.8. The molecule has 112 valence electrons. The molecular weight excluding hydrogens is 318 g/mol. The first-order valence-corrected chi connectivity index (χ1v) is 8.38. The zero-order chi connectivity index (χ0) is 14.9. The molecule has 0 aliphatic carbocycles. The highest BCUT2D eigenvalue weighted by Crippen LogP contribution is 2.32. The molecule has 6 heteroatoms. The van der Waals surface area contributed by atoms with Crippen LogP contribution < -0.4 is 4.90 Å². The molecular formula is C16H14ClN3OS. The number of rotatable bonds is 2. The molecule has 1 unspecified atom stereocenters. The van der Waals surface area contributed by atoms with E-state index in [9.17, 15) is 0 Å². The van der Waals surface area contributed by atoms with Gasteiger partial charge in [0.05, 0.1) is 12.0 Å². The van der Waals surface area contributed by atoms with Gasteiger partial charge in [-0.2, -0.15) is 0 Å². The lowest BCUT2D eigenvalue weighted by Crippen LogP contribution is -2.39. The highest BCUT2D eigenvalue weighted by molar-refractivity contribution is 7.16. The Morgan fingerprint density at radius 1 is 1.23 bits per heavy atom. The van der Waals surface area contributed by atoms with Crippen molar-refractivity contribution in [3.8, 4) is 0 Å². The number of hydrogen-bond acceptors (Lipinski definition) is 5. The summed E-state index contributed by atoms with van der Waals surface area (Å²) in [4.78, 5) is 12.1. The maximum absolute atomic E-state index is 6.31. The number of aromatic nitrogens is 2. The minimum Gasteiger partial charge on any atom is -0.370 e. The first-order valence-electron chi connectivity index (χ1n) is 7.12. The molecule has 0 spiro atoms. The van der Waals surface area contributed by atoms with Crippen molar-refractivity contribution >= 4 is 39.0 Å². The molecule has 1 fully saturated rings. The van der Waals surface area contributed by atoms with Crippen molar-refractivity contribution < 1.29 is 4.74 Å². The first-order chi connectivity index (χ1) is 10.8. The second-order valence-electron chi connectivity index (χ2n) is 5.16. The van der Waals surface area contributed by atoms with Gasteiger partial charge in [0.25, 0.3) is 0 Å². The highest BCUT2D eigenvalue weighted by Gasteiger charge is 2.25. The fourth-order valence-corrected chi connectivity index (χ4v) is 3.78. The van der Waals surface area contributed by atoms with Gasteiger partial charge in [-0.25, -0.2) is 9.97 Å².